The van der Waals surface area contributed by atoms with Crippen molar-refractivity contribution in [1.82, 2.24) is 19.9 Å². The van der Waals surface area contributed by atoms with Crippen LogP contribution in [-0.4, -0.2) is 19.9 Å². The van der Waals surface area contributed by atoms with Crippen LogP contribution in [0.25, 0.3) is 207 Å². The third-order valence-electron chi connectivity index (χ3n) is 21.2. The number of aromatic nitrogens is 4. The molecule has 90 heavy (non-hydrogen) atoms. The first-order valence-electron chi connectivity index (χ1n) is 31.9. The summed E-state index contributed by atoms with van der Waals surface area (Å²) in [6.07, 6.45) is 0. The molecule has 4 nitrogen and oxygen atoms in total. The highest BCUT2D eigenvalue weighted by Gasteiger charge is 2.32. The Labute approximate surface area is 518 Å². The van der Waals surface area contributed by atoms with Crippen molar-refractivity contribution in [1.29, 1.82) is 0 Å². The number of nitrogens with zero attached hydrogens (tertiary/aromatic N) is 1. The van der Waals surface area contributed by atoms with Crippen molar-refractivity contribution in [2.75, 3.05) is 0 Å². The predicted octanol–water partition coefficient (Wildman–Crippen LogP) is 24.2. The number of hydrogen-bond donors (Lipinski definition) is 3. The lowest BCUT2D eigenvalue weighted by atomic mass is 9.91. The molecule has 0 aliphatic carbocycles. The summed E-state index contributed by atoms with van der Waals surface area (Å²) in [5, 5.41) is 29.5. The second-order valence-electron chi connectivity index (χ2n) is 26.7. The minimum atomic E-state index is 0.980. The molecule has 4 heteroatoms. The van der Waals surface area contributed by atoms with E-state index in [9.17, 15) is 0 Å². The summed E-state index contributed by atoms with van der Waals surface area (Å²) >= 11 is 0. The molecule has 424 valence electrons. The number of benzene rings is 11. The molecule has 4 heterocycles. The normalized spacial score (nSPS) is 12.7. The Balaban J connectivity index is 1.24. The van der Waals surface area contributed by atoms with Gasteiger partial charge in [0.05, 0.1) is 44.1 Å². The van der Waals surface area contributed by atoms with Crippen LogP contribution in [0.1, 0.15) is 50.1 Å². The third-order valence-corrected chi connectivity index (χ3v) is 21.2. The molecule has 20 aromatic rings. The number of fused-ring (bicyclic) bond motifs is 1. The largest absolute Gasteiger partial charge is 0.353 e. The van der Waals surface area contributed by atoms with Crippen molar-refractivity contribution in [3.8, 4) is 33.4 Å². The number of rotatable bonds is 3. The van der Waals surface area contributed by atoms with Crippen molar-refractivity contribution >= 4 is 173 Å². The first kappa shape index (κ1) is 50.2. The van der Waals surface area contributed by atoms with Crippen LogP contribution in [-0.2, 0) is 0 Å². The van der Waals surface area contributed by atoms with Gasteiger partial charge in [0.1, 0.15) is 0 Å². The van der Waals surface area contributed by atoms with Gasteiger partial charge in [-0.3, -0.25) is 0 Å². The lowest BCUT2D eigenvalue weighted by Gasteiger charge is -2.14. The van der Waals surface area contributed by atoms with Gasteiger partial charge in [0, 0.05) is 59.8 Å². The highest BCUT2D eigenvalue weighted by Crippen LogP contribution is 2.56. The number of hydrogen-bond acceptors (Lipinski definition) is 1. The van der Waals surface area contributed by atoms with Gasteiger partial charge < -0.3 is 15.0 Å². The van der Waals surface area contributed by atoms with Gasteiger partial charge in [0.15, 0.2) is 0 Å². The lowest BCUT2D eigenvalue weighted by Crippen LogP contribution is -1.93. The molecule has 16 aromatic carbocycles. The lowest BCUT2D eigenvalue weighted by molar-refractivity contribution is 1.32. The van der Waals surface area contributed by atoms with Crippen LogP contribution in [0.5, 0.6) is 0 Å². The molecule has 0 aliphatic rings. The van der Waals surface area contributed by atoms with Gasteiger partial charge in [-0.1, -0.05) is 199 Å². The molecule has 3 N–H and O–H groups in total. The van der Waals surface area contributed by atoms with Crippen molar-refractivity contribution in [2.24, 2.45) is 0 Å². The number of aryl methyl sites for hydroxylation is 9. The summed E-state index contributed by atoms with van der Waals surface area (Å²) in [6, 6.07) is 69.9. The van der Waals surface area contributed by atoms with Gasteiger partial charge in [-0.05, 0) is 199 Å². The smallest absolute Gasteiger partial charge is 0.0822 e. The first-order chi connectivity index (χ1) is 43.9. The van der Waals surface area contributed by atoms with E-state index in [2.05, 4.69) is 259 Å². The van der Waals surface area contributed by atoms with Crippen LogP contribution in [0.15, 0.2) is 182 Å². The molecule has 0 radical (unpaired) electrons. The van der Waals surface area contributed by atoms with Crippen LogP contribution in [0.2, 0.25) is 0 Å². The molecule has 0 atom stereocenters. The highest BCUT2D eigenvalue weighted by atomic mass is 14.8. The Morgan fingerprint density at radius 3 is 0.689 bits per heavy atom. The van der Waals surface area contributed by atoms with Gasteiger partial charge in [-0.2, -0.15) is 0 Å². The number of aromatic amines is 3. The standard InChI is InChI=1S/C86H60N4/c1-40-34-43(4)61(44(5)35-40)76-79-68-53-26-10-18-49-20-12-28-55(64(49)53)70(68)81(87-79)77(62-45(6)36-41(2)37-46(62)7)83-72-57-30-14-22-51-24-16-32-59(66(51)57)74(72)85(89-83)86-75-60-33-17-25-52-23-15-31-58(67(52)60)73(75)84(90-86)78(63-47(8)38-42(3)39-48(63)9)82-71-56-29-13-21-50-19-11-27-54(65(50)56)69(71)80(76)88-82/h10-39,87,89-90H,1-9H3. The quantitative estimate of drug-likeness (QED) is 0.162. The zero-order valence-electron chi connectivity index (χ0n) is 51.8. The minimum Gasteiger partial charge on any atom is -0.353 e. The van der Waals surface area contributed by atoms with Crippen molar-refractivity contribution in [2.45, 2.75) is 62.3 Å². The first-order valence-corrected chi connectivity index (χ1v) is 31.9. The molecule has 0 saturated heterocycles. The Morgan fingerprint density at radius 2 is 0.422 bits per heavy atom. The fourth-order valence-corrected chi connectivity index (χ4v) is 18.4. The van der Waals surface area contributed by atoms with E-state index in [0.717, 1.165) is 60.8 Å². The molecule has 0 fully saturated rings. The zero-order chi connectivity index (χ0) is 60.2. The van der Waals surface area contributed by atoms with E-state index in [0.29, 0.717) is 0 Å². The molecule has 0 saturated carbocycles. The second-order valence-corrected chi connectivity index (χ2v) is 26.7. The Kier molecular flexibility index (Phi) is 9.64. The molecule has 8 bridgehead atoms. The molecule has 4 aromatic heterocycles. The average Bonchev–Trinajstić information content (AvgIpc) is 1.52. The van der Waals surface area contributed by atoms with Gasteiger partial charge >= 0.3 is 0 Å². The SMILES string of the molecule is Cc1cc(C)c(-c2c3nc(c(-c4c(C)cc(C)cc4C)c4[nH]c(c5[nH]c(c(-c6c(C)cc(C)cc6C)c6[nH]c2c2c7cccc8cccc(c87)c62)c2c6cccc7cccc(c76)c52)c2c5cccc6cccc(c65)c42)c2c4cccc5cccc(c54)c32)c(C)c1. The molecule has 0 unspecified atom stereocenters. The van der Waals surface area contributed by atoms with E-state index in [1.54, 1.807) is 0 Å². The maximum absolute atomic E-state index is 6.58. The summed E-state index contributed by atoms with van der Waals surface area (Å²) in [4.78, 5) is 20.2. The molecule has 20 rings (SSSR count). The minimum absolute atomic E-state index is 0.980. The van der Waals surface area contributed by atoms with Crippen molar-refractivity contribution in [3.05, 3.63) is 232 Å². The maximum Gasteiger partial charge on any atom is 0.0822 e. The number of H-pyrrole nitrogens is 3. The highest BCUT2D eigenvalue weighted by molar-refractivity contribution is 6.48. The van der Waals surface area contributed by atoms with E-state index in [-0.39, 0.29) is 0 Å². The zero-order valence-corrected chi connectivity index (χ0v) is 51.8. The van der Waals surface area contributed by atoms with E-state index >= 15 is 0 Å². The fraction of sp³-hybridized carbons (Fsp3) is 0.105. The van der Waals surface area contributed by atoms with E-state index in [4.69, 9.17) is 4.98 Å². The van der Waals surface area contributed by atoms with Gasteiger partial charge in [0.2, 0.25) is 0 Å². The van der Waals surface area contributed by atoms with Crippen LogP contribution in [0, 0.1) is 62.3 Å². The van der Waals surface area contributed by atoms with E-state index < -0.39 is 0 Å². The summed E-state index contributed by atoms with van der Waals surface area (Å²) in [5.41, 5.74) is 26.5. The maximum atomic E-state index is 6.58. The van der Waals surface area contributed by atoms with E-state index in [1.165, 1.54) is 196 Å². The molecular formula is C86H60N4. The van der Waals surface area contributed by atoms with Gasteiger partial charge in [-0.25, -0.2) is 4.98 Å². The fourth-order valence-electron chi connectivity index (χ4n) is 18.4. The second kappa shape index (κ2) is 17.3. The summed E-state index contributed by atoms with van der Waals surface area (Å²) < 4.78 is 0. The summed E-state index contributed by atoms with van der Waals surface area (Å²) in [6.45, 7) is 20.7. The Hall–Kier alpha value is -10.8. The third kappa shape index (κ3) is 6.18. The monoisotopic (exact) mass is 1150 g/mol. The summed E-state index contributed by atoms with van der Waals surface area (Å²) in [5.74, 6) is 0. The van der Waals surface area contributed by atoms with Crippen LogP contribution in [0.3, 0.4) is 0 Å². The molecular weight excluding hydrogens is 1090 g/mol. The van der Waals surface area contributed by atoms with Crippen LogP contribution < -0.4 is 0 Å². The van der Waals surface area contributed by atoms with Crippen molar-refractivity contribution < 1.29 is 0 Å². The van der Waals surface area contributed by atoms with Crippen LogP contribution in [0.4, 0.5) is 0 Å². The van der Waals surface area contributed by atoms with Crippen molar-refractivity contribution in [3.63, 3.8) is 0 Å². The Morgan fingerprint density at radius 1 is 0.211 bits per heavy atom. The molecule has 0 amide bonds. The average molecular weight is 1150 g/mol. The van der Waals surface area contributed by atoms with E-state index in [1.807, 2.05) is 0 Å². The van der Waals surface area contributed by atoms with Crippen LogP contribution >= 0.6 is 0 Å². The Bertz CT molecular complexity index is 6270. The predicted molar refractivity (Wildman–Crippen MR) is 389 cm³/mol. The topological polar surface area (TPSA) is 60.3 Å². The molecule has 0 spiro atoms. The van der Waals surface area contributed by atoms with Gasteiger partial charge in [-0.15, -0.1) is 0 Å². The van der Waals surface area contributed by atoms with Gasteiger partial charge in [0.25, 0.3) is 0 Å². The molecule has 0 aliphatic heterocycles. The summed E-state index contributed by atoms with van der Waals surface area (Å²) in [7, 11) is 0. The number of nitrogens with one attached hydrogen (secondary N) is 3.